The van der Waals surface area contributed by atoms with E-state index in [9.17, 15) is 8.42 Å². The van der Waals surface area contributed by atoms with Gasteiger partial charge in [0.1, 0.15) is 16.4 Å². The smallest absolute Gasteiger partial charge is 0.244 e. The molecule has 0 radical (unpaired) electrons. The summed E-state index contributed by atoms with van der Waals surface area (Å²) in [6.45, 7) is 5.71. The third kappa shape index (κ3) is 3.90. The first-order valence-corrected chi connectivity index (χ1v) is 11.5. The van der Waals surface area contributed by atoms with Gasteiger partial charge in [-0.05, 0) is 38.1 Å². The third-order valence-electron chi connectivity index (χ3n) is 5.25. The summed E-state index contributed by atoms with van der Waals surface area (Å²) in [5.74, 6) is 1.39. The Balaban J connectivity index is 1.57. The van der Waals surface area contributed by atoms with Crippen LogP contribution in [0.2, 0.25) is 5.02 Å². The Labute approximate surface area is 181 Å². The predicted octanol–water partition coefficient (Wildman–Crippen LogP) is 3.32. The van der Waals surface area contributed by atoms with Gasteiger partial charge in [0.25, 0.3) is 0 Å². The van der Waals surface area contributed by atoms with Gasteiger partial charge in [-0.15, -0.1) is 0 Å². The largest absolute Gasteiger partial charge is 0.354 e. The molecule has 9 heteroatoms. The van der Waals surface area contributed by atoms with Crippen LogP contribution in [-0.4, -0.2) is 53.9 Å². The molecule has 0 amide bonds. The van der Waals surface area contributed by atoms with Gasteiger partial charge in [-0.1, -0.05) is 29.8 Å². The van der Waals surface area contributed by atoms with E-state index in [1.54, 1.807) is 30.5 Å². The zero-order valence-corrected chi connectivity index (χ0v) is 18.4. The normalized spacial score (nSPS) is 15.4. The van der Waals surface area contributed by atoms with E-state index >= 15 is 0 Å². The third-order valence-corrected chi connectivity index (χ3v) is 7.65. The summed E-state index contributed by atoms with van der Waals surface area (Å²) in [5, 5.41) is 0.238. The summed E-state index contributed by atoms with van der Waals surface area (Å²) in [6, 6.07) is 12.2. The van der Waals surface area contributed by atoms with Gasteiger partial charge in [-0.25, -0.2) is 18.4 Å². The van der Waals surface area contributed by atoms with E-state index < -0.39 is 10.0 Å². The fourth-order valence-corrected chi connectivity index (χ4v) is 5.38. The number of aromatic nitrogens is 3. The van der Waals surface area contributed by atoms with Crippen molar-refractivity contribution in [3.05, 3.63) is 64.9 Å². The number of rotatable bonds is 4. The van der Waals surface area contributed by atoms with Gasteiger partial charge in [0.2, 0.25) is 10.0 Å². The molecule has 30 heavy (non-hydrogen) atoms. The number of sulfonamides is 1. The number of hydrogen-bond acceptors (Lipinski definition) is 6. The highest BCUT2D eigenvalue weighted by molar-refractivity contribution is 7.89. The monoisotopic (exact) mass is 443 g/mol. The zero-order chi connectivity index (χ0) is 21.3. The van der Waals surface area contributed by atoms with Crippen molar-refractivity contribution in [1.82, 2.24) is 19.3 Å². The minimum absolute atomic E-state index is 0.145. The molecular formula is C21H22ClN5O2S. The summed E-state index contributed by atoms with van der Waals surface area (Å²) >= 11 is 6.13. The van der Waals surface area contributed by atoms with Crippen LogP contribution in [0.15, 0.2) is 53.6 Å². The van der Waals surface area contributed by atoms with Gasteiger partial charge >= 0.3 is 0 Å². The number of aryl methyl sites for hydroxylation is 1. The lowest BCUT2D eigenvalue weighted by Gasteiger charge is -2.35. The molecule has 1 aliphatic heterocycles. The van der Waals surface area contributed by atoms with E-state index in [1.807, 2.05) is 32.0 Å². The van der Waals surface area contributed by atoms with Crippen LogP contribution in [0.1, 0.15) is 11.3 Å². The van der Waals surface area contributed by atoms with E-state index in [-0.39, 0.29) is 9.92 Å². The predicted molar refractivity (Wildman–Crippen MR) is 117 cm³/mol. The standard InChI is InChI=1S/C21H22ClN5O2S/c1-15-16(2)24-20(18-8-5-6-10-23-18)25-21(15)26-11-13-27(14-12-26)30(28,29)19-9-4-3-7-17(19)22/h3-10H,11-14H2,1-2H3. The maximum Gasteiger partial charge on any atom is 0.244 e. The van der Waals surface area contributed by atoms with Gasteiger partial charge in [-0.3, -0.25) is 4.98 Å². The highest BCUT2D eigenvalue weighted by Crippen LogP contribution is 2.28. The fraction of sp³-hybridized carbons (Fsp3) is 0.286. The molecule has 7 nitrogen and oxygen atoms in total. The summed E-state index contributed by atoms with van der Waals surface area (Å²) in [4.78, 5) is 15.9. The van der Waals surface area contributed by atoms with E-state index in [0.717, 1.165) is 17.1 Å². The van der Waals surface area contributed by atoms with Crippen LogP contribution in [0.25, 0.3) is 11.5 Å². The number of halogens is 1. The van der Waals surface area contributed by atoms with Gasteiger partial charge in [0.15, 0.2) is 5.82 Å². The van der Waals surface area contributed by atoms with Gasteiger partial charge < -0.3 is 4.90 Å². The van der Waals surface area contributed by atoms with Gasteiger partial charge in [0, 0.05) is 43.6 Å². The van der Waals surface area contributed by atoms with E-state index in [0.29, 0.717) is 37.7 Å². The molecule has 0 N–H and O–H groups in total. The number of nitrogens with zero attached hydrogens (tertiary/aromatic N) is 5. The quantitative estimate of drug-likeness (QED) is 0.615. The average molecular weight is 444 g/mol. The van der Waals surface area contributed by atoms with Crippen LogP contribution < -0.4 is 4.90 Å². The van der Waals surface area contributed by atoms with Crippen molar-refractivity contribution in [2.24, 2.45) is 0 Å². The first-order chi connectivity index (χ1) is 14.4. The van der Waals surface area contributed by atoms with Crippen LogP contribution in [0.5, 0.6) is 0 Å². The molecular weight excluding hydrogens is 422 g/mol. The lowest BCUT2D eigenvalue weighted by Crippen LogP contribution is -2.49. The Bertz CT molecular complexity index is 1160. The van der Waals surface area contributed by atoms with Crippen molar-refractivity contribution in [1.29, 1.82) is 0 Å². The molecule has 3 aromatic rings. The van der Waals surface area contributed by atoms with Crippen molar-refractivity contribution in [2.45, 2.75) is 18.7 Å². The highest BCUT2D eigenvalue weighted by Gasteiger charge is 2.31. The molecule has 1 fully saturated rings. The van der Waals surface area contributed by atoms with Crippen LogP contribution in [0.3, 0.4) is 0 Å². The molecule has 0 unspecified atom stereocenters. The first kappa shape index (κ1) is 20.7. The molecule has 0 spiro atoms. The molecule has 4 rings (SSSR count). The van der Waals surface area contributed by atoms with Crippen molar-refractivity contribution in [2.75, 3.05) is 31.1 Å². The van der Waals surface area contributed by atoms with Crippen LogP contribution in [-0.2, 0) is 10.0 Å². The molecule has 0 bridgehead atoms. The first-order valence-electron chi connectivity index (χ1n) is 9.64. The second-order valence-corrected chi connectivity index (χ2v) is 9.43. The Morgan fingerprint density at radius 2 is 1.63 bits per heavy atom. The number of hydrogen-bond donors (Lipinski definition) is 0. The second kappa shape index (κ2) is 8.29. The maximum atomic E-state index is 13.0. The summed E-state index contributed by atoms with van der Waals surface area (Å²) in [5.41, 5.74) is 2.57. The molecule has 156 valence electrons. The summed E-state index contributed by atoms with van der Waals surface area (Å²) < 4.78 is 27.5. The Kier molecular flexibility index (Phi) is 5.73. The van der Waals surface area contributed by atoms with Crippen molar-refractivity contribution in [3.63, 3.8) is 0 Å². The molecule has 2 aromatic heterocycles. The van der Waals surface area contributed by atoms with E-state index in [2.05, 4.69) is 14.9 Å². The van der Waals surface area contributed by atoms with Crippen molar-refractivity contribution < 1.29 is 8.42 Å². The Hall–Kier alpha value is -2.55. The molecule has 1 saturated heterocycles. The molecule has 1 aromatic carbocycles. The van der Waals surface area contributed by atoms with Crippen LogP contribution >= 0.6 is 11.6 Å². The molecule has 0 saturated carbocycles. The minimum Gasteiger partial charge on any atom is -0.354 e. The van der Waals surface area contributed by atoms with E-state index in [4.69, 9.17) is 16.6 Å². The average Bonchev–Trinajstić information content (AvgIpc) is 2.76. The minimum atomic E-state index is -3.64. The summed E-state index contributed by atoms with van der Waals surface area (Å²) in [6.07, 6.45) is 1.71. The Morgan fingerprint density at radius 3 is 2.30 bits per heavy atom. The van der Waals surface area contributed by atoms with Gasteiger partial charge in [-0.2, -0.15) is 4.31 Å². The SMILES string of the molecule is Cc1nc(-c2ccccn2)nc(N2CCN(S(=O)(=O)c3ccccc3Cl)CC2)c1C. The lowest BCUT2D eigenvalue weighted by molar-refractivity contribution is 0.383. The van der Waals surface area contributed by atoms with Crippen LogP contribution in [0, 0.1) is 13.8 Å². The number of pyridine rings is 1. The molecule has 1 aliphatic rings. The number of piperazine rings is 1. The van der Waals surface area contributed by atoms with Crippen molar-refractivity contribution >= 4 is 27.4 Å². The number of anilines is 1. The zero-order valence-electron chi connectivity index (χ0n) is 16.8. The fourth-order valence-electron chi connectivity index (χ4n) is 3.46. The number of benzene rings is 1. The highest BCUT2D eigenvalue weighted by atomic mass is 35.5. The lowest BCUT2D eigenvalue weighted by atomic mass is 10.2. The topological polar surface area (TPSA) is 79.3 Å². The Morgan fingerprint density at radius 1 is 0.933 bits per heavy atom. The second-order valence-electron chi connectivity index (χ2n) is 7.12. The molecule has 3 heterocycles. The van der Waals surface area contributed by atoms with E-state index in [1.165, 1.54) is 4.31 Å². The summed E-state index contributed by atoms with van der Waals surface area (Å²) in [7, 11) is -3.64. The molecule has 0 aliphatic carbocycles. The molecule has 0 atom stereocenters. The van der Waals surface area contributed by atoms with Crippen molar-refractivity contribution in [3.8, 4) is 11.5 Å². The van der Waals surface area contributed by atoms with Gasteiger partial charge in [0.05, 0.1) is 5.02 Å². The maximum absolute atomic E-state index is 13.0. The van der Waals surface area contributed by atoms with Crippen LogP contribution in [0.4, 0.5) is 5.82 Å².